The van der Waals surface area contributed by atoms with E-state index in [9.17, 15) is 4.79 Å². The molecular weight excluding hydrogens is 490 g/mol. The third-order valence-corrected chi connectivity index (χ3v) is 13.3. The predicted octanol–water partition coefficient (Wildman–Crippen LogP) is 10.0. The molecule has 3 heteroatoms. The van der Waals surface area contributed by atoms with E-state index in [1.165, 1.54) is 70.6 Å². The van der Waals surface area contributed by atoms with E-state index < -0.39 is 0 Å². The van der Waals surface area contributed by atoms with Crippen LogP contribution in [0.4, 0.5) is 5.69 Å². The summed E-state index contributed by atoms with van der Waals surface area (Å²) in [6.07, 6.45) is 17.3. The fourth-order valence-electron chi connectivity index (χ4n) is 11.3. The Morgan fingerprint density at radius 1 is 0.875 bits per heavy atom. The van der Waals surface area contributed by atoms with Crippen LogP contribution in [-0.2, 0) is 4.74 Å². The zero-order valence-electron chi connectivity index (χ0n) is 26.9. The molecule has 0 aromatic heterocycles. The molecule has 0 amide bonds. The fraction of sp³-hybridized carbons (Fsp3) is 0.811. The molecule has 0 saturated heterocycles. The Labute approximate surface area is 245 Å². The van der Waals surface area contributed by atoms with Gasteiger partial charge in [0, 0.05) is 5.69 Å². The van der Waals surface area contributed by atoms with E-state index in [-0.39, 0.29) is 12.1 Å². The minimum atomic E-state index is -0.201. The van der Waals surface area contributed by atoms with E-state index in [1.807, 2.05) is 19.1 Å². The number of benzene rings is 1. The maximum Gasteiger partial charge on any atom is 0.338 e. The van der Waals surface area contributed by atoms with Gasteiger partial charge < -0.3 is 10.5 Å². The number of nitrogens with two attached hydrogens (primary N) is 1. The van der Waals surface area contributed by atoms with Crippen molar-refractivity contribution in [1.29, 1.82) is 0 Å². The van der Waals surface area contributed by atoms with Crippen LogP contribution in [0.3, 0.4) is 0 Å². The van der Waals surface area contributed by atoms with Crippen molar-refractivity contribution >= 4 is 11.7 Å². The Hall–Kier alpha value is -1.51. The minimum Gasteiger partial charge on any atom is -0.459 e. The van der Waals surface area contributed by atoms with Crippen LogP contribution in [0.1, 0.15) is 141 Å². The van der Waals surface area contributed by atoms with Gasteiger partial charge in [-0.3, -0.25) is 0 Å². The monoisotopic (exact) mass is 549 g/mol. The van der Waals surface area contributed by atoms with Crippen molar-refractivity contribution in [2.45, 2.75) is 138 Å². The summed E-state index contributed by atoms with van der Waals surface area (Å²) in [7, 11) is 0. The highest BCUT2D eigenvalue weighted by molar-refractivity contribution is 5.90. The number of rotatable bonds is 8. The maximum atomic E-state index is 13.0. The molecule has 6 unspecified atom stereocenters. The lowest BCUT2D eigenvalue weighted by Crippen LogP contribution is -2.59. The quantitative estimate of drug-likeness (QED) is 0.199. The molecule has 0 bridgehead atoms. The average Bonchev–Trinajstić information content (AvgIpc) is 3.24. The van der Waals surface area contributed by atoms with Crippen LogP contribution in [0.25, 0.3) is 0 Å². The summed E-state index contributed by atoms with van der Waals surface area (Å²) in [4.78, 5) is 13.0. The summed E-state index contributed by atoms with van der Waals surface area (Å²) in [6, 6.07) is 5.56. The number of esters is 1. The van der Waals surface area contributed by atoms with Crippen LogP contribution in [0.2, 0.25) is 0 Å². The summed E-state index contributed by atoms with van der Waals surface area (Å²) in [5.74, 6) is 4.76. The van der Waals surface area contributed by atoms with E-state index in [4.69, 9.17) is 10.5 Å². The Morgan fingerprint density at radius 2 is 1.55 bits per heavy atom. The molecule has 5 rings (SSSR count). The van der Waals surface area contributed by atoms with E-state index in [0.717, 1.165) is 48.0 Å². The van der Waals surface area contributed by atoms with Gasteiger partial charge in [-0.25, -0.2) is 4.79 Å². The average molecular weight is 550 g/mol. The molecule has 3 nitrogen and oxygen atoms in total. The smallest absolute Gasteiger partial charge is 0.338 e. The molecule has 4 saturated carbocycles. The lowest BCUT2D eigenvalue weighted by molar-refractivity contribution is -0.176. The van der Waals surface area contributed by atoms with Crippen LogP contribution in [0.5, 0.6) is 0 Å². The lowest BCUT2D eigenvalue weighted by atomic mass is 9.39. The summed E-state index contributed by atoms with van der Waals surface area (Å²) in [6.45, 7) is 17.4. The second kappa shape index (κ2) is 11.3. The number of hydrogen-bond donors (Lipinski definition) is 1. The van der Waals surface area contributed by atoms with Gasteiger partial charge in [0.05, 0.1) is 5.56 Å². The third-order valence-electron chi connectivity index (χ3n) is 13.3. The first-order valence-corrected chi connectivity index (χ1v) is 16.9. The molecule has 0 aliphatic heterocycles. The van der Waals surface area contributed by atoms with Crippen LogP contribution in [-0.4, -0.2) is 12.1 Å². The van der Waals surface area contributed by atoms with Crippen molar-refractivity contribution in [1.82, 2.24) is 0 Å². The largest absolute Gasteiger partial charge is 0.459 e. The predicted molar refractivity (Wildman–Crippen MR) is 167 cm³/mol. The molecule has 4 aliphatic rings. The van der Waals surface area contributed by atoms with E-state index in [1.54, 1.807) is 6.07 Å². The SMILES string of the molecule is Cc1cc(N)cc(C(=O)OC2CC[C@@]3(C)C(CC[C@]4(C)C3CC[C@]3(C)C(C(C)CCCCC(C)C)CCC43)C2)c1. The lowest BCUT2D eigenvalue weighted by Gasteiger charge is -2.66. The van der Waals surface area contributed by atoms with Gasteiger partial charge in [-0.2, -0.15) is 0 Å². The van der Waals surface area contributed by atoms with Gasteiger partial charge in [0.1, 0.15) is 6.10 Å². The standard InChI is InChI=1S/C37H59NO2/c1-24(2)10-8-9-11-26(4)31-12-13-32-36(31,6)19-16-33-35(5)18-15-30(23-28(35)14-17-37(32,33)7)40-34(39)27-20-25(3)21-29(38)22-27/h20-22,24,26,28,30-33H,8-19,23,38H2,1-7H3/t26?,28?,30?,31?,32?,33?,35-,36+,37-/m0/s1. The van der Waals surface area contributed by atoms with Crippen molar-refractivity contribution in [2.24, 2.45) is 51.8 Å². The third kappa shape index (κ3) is 5.37. The zero-order chi connectivity index (χ0) is 28.9. The molecule has 40 heavy (non-hydrogen) atoms. The molecule has 0 spiro atoms. The van der Waals surface area contributed by atoms with Crippen molar-refractivity contribution in [2.75, 3.05) is 5.73 Å². The van der Waals surface area contributed by atoms with Crippen molar-refractivity contribution in [3.8, 4) is 0 Å². The first-order valence-electron chi connectivity index (χ1n) is 16.9. The molecule has 0 heterocycles. The van der Waals surface area contributed by atoms with Crippen molar-refractivity contribution in [3.63, 3.8) is 0 Å². The van der Waals surface area contributed by atoms with Crippen LogP contribution >= 0.6 is 0 Å². The summed E-state index contributed by atoms with van der Waals surface area (Å²) >= 11 is 0. The molecule has 9 atom stereocenters. The molecule has 0 radical (unpaired) electrons. The Balaban J connectivity index is 1.24. The topological polar surface area (TPSA) is 52.3 Å². The number of fused-ring (bicyclic) bond motifs is 5. The van der Waals surface area contributed by atoms with E-state index >= 15 is 0 Å². The van der Waals surface area contributed by atoms with Gasteiger partial charge in [0.25, 0.3) is 0 Å². The van der Waals surface area contributed by atoms with Crippen molar-refractivity contribution in [3.05, 3.63) is 29.3 Å². The minimum absolute atomic E-state index is 0.0398. The number of aryl methyl sites for hydroxylation is 1. The molecule has 1 aromatic carbocycles. The van der Waals surface area contributed by atoms with E-state index in [0.29, 0.717) is 33.4 Å². The second-order valence-electron chi connectivity index (χ2n) is 16.2. The Kier molecular flexibility index (Phi) is 8.46. The highest BCUT2D eigenvalue weighted by atomic mass is 16.5. The van der Waals surface area contributed by atoms with Gasteiger partial charge in [-0.15, -0.1) is 0 Å². The first-order chi connectivity index (χ1) is 18.9. The fourth-order valence-corrected chi connectivity index (χ4v) is 11.3. The number of nitrogen functional groups attached to an aromatic ring is 1. The Morgan fingerprint density at radius 3 is 2.27 bits per heavy atom. The molecule has 4 fully saturated rings. The summed E-state index contributed by atoms with van der Waals surface area (Å²) < 4.78 is 6.13. The molecular formula is C37H59NO2. The number of anilines is 1. The first kappa shape index (κ1) is 30.0. The van der Waals surface area contributed by atoms with Gasteiger partial charge in [-0.05, 0) is 140 Å². The molecule has 4 aliphatic carbocycles. The number of unbranched alkanes of at least 4 members (excludes halogenated alkanes) is 1. The van der Waals surface area contributed by atoms with Crippen LogP contribution < -0.4 is 5.73 Å². The molecule has 224 valence electrons. The normalized spacial score (nSPS) is 39.8. The van der Waals surface area contributed by atoms with Gasteiger partial charge in [0.15, 0.2) is 0 Å². The van der Waals surface area contributed by atoms with E-state index in [2.05, 4.69) is 41.5 Å². The summed E-state index contributed by atoms with van der Waals surface area (Å²) in [5, 5.41) is 0. The van der Waals surface area contributed by atoms with Crippen LogP contribution in [0.15, 0.2) is 18.2 Å². The maximum absolute atomic E-state index is 13.0. The van der Waals surface area contributed by atoms with Gasteiger partial charge >= 0.3 is 5.97 Å². The molecule has 1 aromatic rings. The van der Waals surface area contributed by atoms with Crippen molar-refractivity contribution < 1.29 is 9.53 Å². The number of carbonyl (C=O) groups is 1. The highest BCUT2D eigenvalue weighted by Gasteiger charge is 2.65. The number of ether oxygens (including phenoxy) is 1. The number of carbonyl (C=O) groups excluding carboxylic acids is 1. The van der Waals surface area contributed by atoms with Gasteiger partial charge in [0.2, 0.25) is 0 Å². The summed E-state index contributed by atoms with van der Waals surface area (Å²) in [5.41, 5.74) is 9.61. The number of hydrogen-bond acceptors (Lipinski definition) is 3. The highest BCUT2D eigenvalue weighted by Crippen LogP contribution is 2.73. The Bertz CT molecular complexity index is 1040. The van der Waals surface area contributed by atoms with Crippen LogP contribution in [0, 0.1) is 58.7 Å². The molecule has 2 N–H and O–H groups in total. The zero-order valence-corrected chi connectivity index (χ0v) is 26.9. The second-order valence-corrected chi connectivity index (χ2v) is 16.2. The van der Waals surface area contributed by atoms with Gasteiger partial charge in [-0.1, -0.05) is 67.2 Å².